The van der Waals surface area contributed by atoms with E-state index in [1.807, 2.05) is 0 Å². The van der Waals surface area contributed by atoms with Crippen molar-refractivity contribution < 1.29 is 19.4 Å². The molecule has 0 bridgehead atoms. The number of rotatable bonds is 6. The topological polar surface area (TPSA) is 66.8 Å². The lowest BCUT2D eigenvalue weighted by molar-refractivity contribution is -0.145. The molecule has 6 heteroatoms. The van der Waals surface area contributed by atoms with Gasteiger partial charge in [0.05, 0.1) is 5.02 Å². The molecule has 0 saturated carbocycles. The second-order valence-corrected chi connectivity index (χ2v) is 3.93. The van der Waals surface area contributed by atoms with Gasteiger partial charge < -0.3 is 14.7 Å². The molecule has 0 radical (unpaired) electrons. The van der Waals surface area contributed by atoms with Crippen LogP contribution in [0.5, 0.6) is 5.75 Å². The van der Waals surface area contributed by atoms with E-state index in [-0.39, 0.29) is 19.1 Å². The van der Waals surface area contributed by atoms with Gasteiger partial charge in [0, 0.05) is 6.54 Å². The van der Waals surface area contributed by atoms with Crippen LogP contribution in [0.1, 0.15) is 6.92 Å². The summed E-state index contributed by atoms with van der Waals surface area (Å²) in [6.07, 6.45) is 0. The molecule has 0 fully saturated rings. The molecule has 0 spiro atoms. The van der Waals surface area contributed by atoms with Gasteiger partial charge in [0.25, 0.3) is 5.91 Å². The van der Waals surface area contributed by atoms with Crippen molar-refractivity contribution >= 4 is 23.5 Å². The third kappa shape index (κ3) is 4.25. The van der Waals surface area contributed by atoms with Crippen molar-refractivity contribution in [3.8, 4) is 5.75 Å². The van der Waals surface area contributed by atoms with Crippen LogP contribution in [0.3, 0.4) is 0 Å². The Balaban J connectivity index is 2.54. The lowest BCUT2D eigenvalue weighted by Gasteiger charge is -2.18. The summed E-state index contributed by atoms with van der Waals surface area (Å²) in [6.45, 7) is 1.46. The molecule has 0 aromatic heterocycles. The molecule has 1 rings (SSSR count). The molecule has 0 saturated heterocycles. The summed E-state index contributed by atoms with van der Waals surface area (Å²) in [6, 6.07) is 6.78. The highest BCUT2D eigenvalue weighted by molar-refractivity contribution is 6.32. The lowest BCUT2D eigenvalue weighted by Crippen LogP contribution is -2.38. The predicted molar refractivity (Wildman–Crippen MR) is 66.8 cm³/mol. The first-order valence-electron chi connectivity index (χ1n) is 5.41. The summed E-state index contributed by atoms with van der Waals surface area (Å²) in [4.78, 5) is 23.4. The zero-order chi connectivity index (χ0) is 13.5. The van der Waals surface area contributed by atoms with Crippen molar-refractivity contribution in [2.24, 2.45) is 0 Å². The van der Waals surface area contributed by atoms with Gasteiger partial charge in [-0.1, -0.05) is 23.7 Å². The second kappa shape index (κ2) is 6.86. The third-order valence-electron chi connectivity index (χ3n) is 2.25. The first-order valence-corrected chi connectivity index (χ1v) is 5.79. The number of carbonyl (C=O) groups excluding carboxylic acids is 1. The standard InChI is InChI=1S/C12H14ClNO4/c1-2-14(7-12(16)17)11(15)8-18-10-6-4-3-5-9(10)13/h3-6H,2,7-8H2,1H3,(H,16,17). The van der Waals surface area contributed by atoms with E-state index >= 15 is 0 Å². The Morgan fingerprint density at radius 1 is 1.39 bits per heavy atom. The number of carbonyl (C=O) groups is 2. The first-order chi connectivity index (χ1) is 8.54. The van der Waals surface area contributed by atoms with Crippen LogP contribution < -0.4 is 4.74 Å². The van der Waals surface area contributed by atoms with Crippen molar-refractivity contribution in [3.05, 3.63) is 29.3 Å². The Bertz CT molecular complexity index is 436. The van der Waals surface area contributed by atoms with E-state index in [1.54, 1.807) is 31.2 Å². The lowest BCUT2D eigenvalue weighted by atomic mass is 10.3. The number of carboxylic acid groups (broad SMARTS) is 1. The molecular formula is C12H14ClNO4. The average Bonchev–Trinajstić information content (AvgIpc) is 2.34. The number of benzene rings is 1. The van der Waals surface area contributed by atoms with E-state index in [2.05, 4.69) is 0 Å². The first kappa shape index (κ1) is 14.3. The molecule has 0 atom stereocenters. The number of halogens is 1. The van der Waals surface area contributed by atoms with Gasteiger partial charge in [0.1, 0.15) is 12.3 Å². The van der Waals surface area contributed by atoms with Crippen LogP contribution in [0.15, 0.2) is 24.3 Å². The fraction of sp³-hybridized carbons (Fsp3) is 0.333. The number of hydrogen-bond acceptors (Lipinski definition) is 3. The van der Waals surface area contributed by atoms with Crippen molar-refractivity contribution in [2.75, 3.05) is 19.7 Å². The summed E-state index contributed by atoms with van der Waals surface area (Å²) in [5.74, 6) is -1.04. The Morgan fingerprint density at radius 3 is 2.61 bits per heavy atom. The van der Waals surface area contributed by atoms with Gasteiger partial charge in [-0.2, -0.15) is 0 Å². The predicted octanol–water partition coefficient (Wildman–Crippen LogP) is 1.65. The van der Waals surface area contributed by atoms with E-state index in [1.165, 1.54) is 4.90 Å². The molecule has 1 aromatic carbocycles. The van der Waals surface area contributed by atoms with Crippen LogP contribution in [0, 0.1) is 0 Å². The molecule has 18 heavy (non-hydrogen) atoms. The molecule has 0 aliphatic heterocycles. The van der Waals surface area contributed by atoms with Gasteiger partial charge in [-0.3, -0.25) is 9.59 Å². The minimum atomic E-state index is -1.05. The van der Waals surface area contributed by atoms with Gasteiger partial charge in [-0.15, -0.1) is 0 Å². The monoisotopic (exact) mass is 271 g/mol. The third-order valence-corrected chi connectivity index (χ3v) is 2.56. The molecule has 0 unspecified atom stereocenters. The highest BCUT2D eigenvalue weighted by Gasteiger charge is 2.15. The maximum absolute atomic E-state index is 11.7. The normalized spacial score (nSPS) is 9.89. The number of hydrogen-bond donors (Lipinski definition) is 1. The van der Waals surface area contributed by atoms with Crippen LogP contribution in [-0.4, -0.2) is 41.6 Å². The fourth-order valence-corrected chi connectivity index (χ4v) is 1.52. The summed E-state index contributed by atoms with van der Waals surface area (Å²) >= 11 is 5.86. The maximum Gasteiger partial charge on any atom is 0.323 e. The van der Waals surface area contributed by atoms with Crippen LogP contribution in [0.25, 0.3) is 0 Å². The van der Waals surface area contributed by atoms with Gasteiger partial charge >= 0.3 is 5.97 Å². The van der Waals surface area contributed by atoms with E-state index in [0.29, 0.717) is 17.3 Å². The fourth-order valence-electron chi connectivity index (χ4n) is 1.33. The minimum absolute atomic E-state index is 0.231. The maximum atomic E-state index is 11.7. The Kier molecular flexibility index (Phi) is 5.45. The van der Waals surface area contributed by atoms with Gasteiger partial charge in [-0.25, -0.2) is 0 Å². The quantitative estimate of drug-likeness (QED) is 0.854. The van der Waals surface area contributed by atoms with Crippen LogP contribution in [-0.2, 0) is 9.59 Å². The van der Waals surface area contributed by atoms with E-state index in [4.69, 9.17) is 21.4 Å². The zero-order valence-electron chi connectivity index (χ0n) is 9.93. The molecule has 0 aliphatic carbocycles. The van der Waals surface area contributed by atoms with Gasteiger partial charge in [0.15, 0.2) is 6.61 Å². The summed E-state index contributed by atoms with van der Waals surface area (Å²) in [7, 11) is 0. The van der Waals surface area contributed by atoms with Crippen LogP contribution >= 0.6 is 11.6 Å². The van der Waals surface area contributed by atoms with Crippen LogP contribution in [0.4, 0.5) is 0 Å². The van der Waals surface area contributed by atoms with Gasteiger partial charge in [0.2, 0.25) is 0 Å². The summed E-state index contributed by atoms with van der Waals surface area (Å²) in [5, 5.41) is 9.05. The Morgan fingerprint density at radius 2 is 2.06 bits per heavy atom. The highest BCUT2D eigenvalue weighted by Crippen LogP contribution is 2.22. The van der Waals surface area contributed by atoms with Crippen molar-refractivity contribution in [1.82, 2.24) is 4.90 Å². The number of ether oxygens (including phenoxy) is 1. The molecule has 5 nitrogen and oxygen atoms in total. The number of likely N-dealkylation sites (N-methyl/N-ethyl adjacent to an activating group) is 1. The molecule has 98 valence electrons. The molecule has 1 aromatic rings. The largest absolute Gasteiger partial charge is 0.482 e. The average molecular weight is 272 g/mol. The Hall–Kier alpha value is -1.75. The van der Waals surface area contributed by atoms with Crippen molar-refractivity contribution in [3.63, 3.8) is 0 Å². The number of amides is 1. The van der Waals surface area contributed by atoms with Crippen molar-refractivity contribution in [2.45, 2.75) is 6.92 Å². The zero-order valence-corrected chi connectivity index (χ0v) is 10.7. The number of carboxylic acids is 1. The number of aliphatic carboxylic acids is 1. The molecule has 0 heterocycles. The molecule has 1 amide bonds. The second-order valence-electron chi connectivity index (χ2n) is 3.52. The van der Waals surface area contributed by atoms with Crippen LogP contribution in [0.2, 0.25) is 5.02 Å². The minimum Gasteiger partial charge on any atom is -0.482 e. The highest BCUT2D eigenvalue weighted by atomic mass is 35.5. The van der Waals surface area contributed by atoms with Gasteiger partial charge in [-0.05, 0) is 19.1 Å². The van der Waals surface area contributed by atoms with E-state index in [0.717, 1.165) is 0 Å². The molecule has 1 N–H and O–H groups in total. The smallest absolute Gasteiger partial charge is 0.323 e. The number of nitrogens with zero attached hydrogens (tertiary/aromatic N) is 1. The summed E-state index contributed by atoms with van der Waals surface area (Å²) < 4.78 is 5.25. The molecule has 0 aliphatic rings. The van der Waals surface area contributed by atoms with Crippen molar-refractivity contribution in [1.29, 1.82) is 0 Å². The molecular weight excluding hydrogens is 258 g/mol. The Labute approximate surface area is 110 Å². The number of para-hydroxylation sites is 1. The van der Waals surface area contributed by atoms with E-state index < -0.39 is 5.97 Å². The summed E-state index contributed by atoms with van der Waals surface area (Å²) in [5.41, 5.74) is 0. The SMILES string of the molecule is CCN(CC(=O)O)C(=O)COc1ccccc1Cl. The van der Waals surface area contributed by atoms with E-state index in [9.17, 15) is 9.59 Å².